The highest BCUT2D eigenvalue weighted by Gasteiger charge is 2.11. The zero-order valence-corrected chi connectivity index (χ0v) is 15.5. The van der Waals surface area contributed by atoms with Crippen LogP contribution in [-0.2, 0) is 11.2 Å². The molecule has 2 aromatic rings. The van der Waals surface area contributed by atoms with Crippen molar-refractivity contribution >= 4 is 32.1 Å². The van der Waals surface area contributed by atoms with Gasteiger partial charge in [-0.3, -0.25) is 4.79 Å². The monoisotopic (exact) mass is 353 g/mol. The lowest BCUT2D eigenvalue weighted by Crippen LogP contribution is -2.10. The Morgan fingerprint density at radius 3 is 2.88 bits per heavy atom. The average Bonchev–Trinajstić information content (AvgIpc) is 2.87. The molecule has 1 heterocycles. The minimum absolute atomic E-state index is 0.103. The van der Waals surface area contributed by atoms with Crippen molar-refractivity contribution in [1.82, 2.24) is 0 Å². The zero-order valence-electron chi connectivity index (χ0n) is 14.3. The first-order chi connectivity index (χ1) is 12.1. The van der Waals surface area contributed by atoms with Crippen molar-refractivity contribution in [3.05, 3.63) is 64.7 Å². The highest BCUT2D eigenvalue weighted by Crippen LogP contribution is 2.22. The van der Waals surface area contributed by atoms with E-state index in [1.165, 1.54) is 5.57 Å². The third-order valence-electron chi connectivity index (χ3n) is 4.50. The van der Waals surface area contributed by atoms with Gasteiger partial charge in [-0.1, -0.05) is 30.3 Å². The fourth-order valence-corrected chi connectivity index (χ4v) is 3.32. The first-order valence-corrected chi connectivity index (χ1v) is 9.24. The second kappa shape index (κ2) is 8.42. The van der Waals surface area contributed by atoms with Crippen LogP contribution in [0.2, 0.25) is 0 Å². The lowest BCUT2D eigenvalue weighted by molar-refractivity contribution is 0.0993. The van der Waals surface area contributed by atoms with Crippen molar-refractivity contribution in [2.45, 2.75) is 25.7 Å². The van der Waals surface area contributed by atoms with Crippen LogP contribution in [0.1, 0.15) is 40.7 Å². The molecule has 2 N–H and O–H groups in total. The van der Waals surface area contributed by atoms with E-state index < -0.39 is 0 Å². The standard InChI is InChI=1S/C21H24NO2P/c22-19-9-8-16(20(23)13-17-6-1-2-7-21(17)25)12-18(19)11-15-5-3-4-10-24-14-15/h1-2,6-9,11-12H,3-5,10,13-14,22,25H2/b15-11-. The maximum Gasteiger partial charge on any atom is 0.167 e. The fraction of sp³-hybridized carbons (Fsp3) is 0.286. The molecule has 3 rings (SSSR count). The number of nitrogen functional groups attached to an aromatic ring is 1. The predicted octanol–water partition coefficient (Wildman–Crippen LogP) is 3.78. The van der Waals surface area contributed by atoms with E-state index in [9.17, 15) is 4.79 Å². The van der Waals surface area contributed by atoms with Gasteiger partial charge in [-0.25, -0.2) is 0 Å². The quantitative estimate of drug-likeness (QED) is 0.517. The van der Waals surface area contributed by atoms with Gasteiger partial charge in [0.05, 0.1) is 6.61 Å². The van der Waals surface area contributed by atoms with Crippen LogP contribution in [0.15, 0.2) is 48.0 Å². The van der Waals surface area contributed by atoms with E-state index in [0.29, 0.717) is 24.3 Å². The van der Waals surface area contributed by atoms with Crippen molar-refractivity contribution in [3.8, 4) is 0 Å². The first kappa shape index (κ1) is 17.8. The maximum absolute atomic E-state index is 12.7. The second-order valence-electron chi connectivity index (χ2n) is 6.45. The van der Waals surface area contributed by atoms with Gasteiger partial charge in [0.2, 0.25) is 0 Å². The maximum atomic E-state index is 12.7. The van der Waals surface area contributed by atoms with Crippen molar-refractivity contribution in [1.29, 1.82) is 0 Å². The molecular weight excluding hydrogens is 329 g/mol. The molecule has 4 heteroatoms. The SMILES string of the molecule is Nc1ccc(C(=O)Cc2ccccc2P)cc1/C=C1/CCCCOC1. The van der Waals surface area contributed by atoms with Gasteiger partial charge in [0.25, 0.3) is 0 Å². The van der Waals surface area contributed by atoms with Gasteiger partial charge in [0.15, 0.2) is 5.78 Å². The summed E-state index contributed by atoms with van der Waals surface area (Å²) in [7, 11) is 2.69. The van der Waals surface area contributed by atoms with Crippen molar-refractivity contribution in [2.75, 3.05) is 18.9 Å². The molecule has 25 heavy (non-hydrogen) atoms. The molecule has 1 saturated heterocycles. The van der Waals surface area contributed by atoms with Crippen molar-refractivity contribution in [2.24, 2.45) is 0 Å². The minimum Gasteiger partial charge on any atom is -0.398 e. The molecule has 1 fully saturated rings. The van der Waals surface area contributed by atoms with Crippen molar-refractivity contribution in [3.63, 3.8) is 0 Å². The Morgan fingerprint density at radius 1 is 1.20 bits per heavy atom. The molecule has 130 valence electrons. The molecule has 1 unspecified atom stereocenters. The number of hydrogen-bond acceptors (Lipinski definition) is 3. The van der Waals surface area contributed by atoms with Crippen LogP contribution in [0.4, 0.5) is 5.69 Å². The molecule has 0 aromatic heterocycles. The summed E-state index contributed by atoms with van der Waals surface area (Å²) in [6, 6.07) is 13.5. The van der Waals surface area contributed by atoms with Crippen LogP contribution in [0.5, 0.6) is 0 Å². The van der Waals surface area contributed by atoms with E-state index >= 15 is 0 Å². The molecule has 0 spiro atoms. The Hall–Kier alpha value is -1.96. The number of carbonyl (C=O) groups is 1. The smallest absolute Gasteiger partial charge is 0.167 e. The Labute approximate surface area is 151 Å². The van der Waals surface area contributed by atoms with Crippen LogP contribution in [0, 0.1) is 0 Å². The third-order valence-corrected chi connectivity index (χ3v) is 5.06. The molecule has 0 bridgehead atoms. The van der Waals surface area contributed by atoms with Gasteiger partial charge >= 0.3 is 0 Å². The molecule has 0 radical (unpaired) electrons. The molecule has 1 aliphatic rings. The van der Waals surface area contributed by atoms with Crippen LogP contribution < -0.4 is 11.0 Å². The summed E-state index contributed by atoms with van der Waals surface area (Å²) in [5.41, 5.74) is 10.7. The lowest BCUT2D eigenvalue weighted by atomic mass is 9.98. The van der Waals surface area contributed by atoms with E-state index in [2.05, 4.69) is 15.3 Å². The van der Waals surface area contributed by atoms with Gasteiger partial charge in [0.1, 0.15) is 0 Å². The molecule has 0 saturated carbocycles. The van der Waals surface area contributed by atoms with E-state index in [4.69, 9.17) is 10.5 Å². The van der Waals surface area contributed by atoms with Gasteiger partial charge in [-0.15, -0.1) is 9.24 Å². The Morgan fingerprint density at radius 2 is 2.04 bits per heavy atom. The number of carbonyl (C=O) groups excluding carboxylic acids is 1. The minimum atomic E-state index is 0.103. The topological polar surface area (TPSA) is 52.3 Å². The summed E-state index contributed by atoms with van der Waals surface area (Å²) in [5, 5.41) is 1.06. The zero-order chi connectivity index (χ0) is 17.6. The summed E-state index contributed by atoms with van der Waals surface area (Å²) in [4.78, 5) is 12.7. The van der Waals surface area contributed by atoms with Gasteiger partial charge in [-0.2, -0.15) is 0 Å². The number of ketones is 1. The molecule has 0 amide bonds. The number of ether oxygens (including phenoxy) is 1. The average molecular weight is 353 g/mol. The van der Waals surface area contributed by atoms with Crippen LogP contribution in [-0.4, -0.2) is 19.0 Å². The van der Waals surface area contributed by atoms with Gasteiger partial charge in [0, 0.05) is 24.3 Å². The summed E-state index contributed by atoms with van der Waals surface area (Å²) in [5.74, 6) is 0.103. The number of anilines is 1. The van der Waals surface area contributed by atoms with Crippen LogP contribution >= 0.6 is 9.24 Å². The summed E-state index contributed by atoms with van der Waals surface area (Å²) < 4.78 is 5.61. The number of benzene rings is 2. The summed E-state index contributed by atoms with van der Waals surface area (Å²) in [6.45, 7) is 1.47. The first-order valence-electron chi connectivity index (χ1n) is 8.67. The van der Waals surface area contributed by atoms with Crippen LogP contribution in [0.25, 0.3) is 6.08 Å². The highest BCUT2D eigenvalue weighted by atomic mass is 31.0. The van der Waals surface area contributed by atoms with Gasteiger partial charge < -0.3 is 10.5 Å². The molecule has 1 atom stereocenters. The Bertz CT molecular complexity index is 788. The molecule has 3 nitrogen and oxygen atoms in total. The number of Topliss-reactive ketones (excluding diaryl/α,β-unsaturated/α-hetero) is 1. The van der Waals surface area contributed by atoms with E-state index in [1.54, 1.807) is 0 Å². The normalized spacial score (nSPS) is 16.6. The Kier molecular flexibility index (Phi) is 6.01. The highest BCUT2D eigenvalue weighted by molar-refractivity contribution is 7.27. The fourth-order valence-electron chi connectivity index (χ4n) is 3.01. The van der Waals surface area contributed by atoms with Crippen LogP contribution in [0.3, 0.4) is 0 Å². The third kappa shape index (κ3) is 4.78. The molecular formula is C21H24NO2P. The molecule has 2 aromatic carbocycles. The Balaban J connectivity index is 1.82. The predicted molar refractivity (Wildman–Crippen MR) is 107 cm³/mol. The number of rotatable bonds is 4. The lowest BCUT2D eigenvalue weighted by Gasteiger charge is -2.09. The van der Waals surface area contributed by atoms with E-state index in [-0.39, 0.29) is 5.78 Å². The van der Waals surface area contributed by atoms with E-state index in [0.717, 1.165) is 42.3 Å². The largest absolute Gasteiger partial charge is 0.398 e. The second-order valence-corrected chi connectivity index (χ2v) is 7.08. The molecule has 1 aliphatic heterocycles. The number of nitrogens with two attached hydrogens (primary N) is 1. The van der Waals surface area contributed by atoms with E-state index in [1.807, 2.05) is 42.5 Å². The summed E-state index contributed by atoms with van der Waals surface area (Å²) in [6.07, 6.45) is 5.73. The number of hydrogen-bond donors (Lipinski definition) is 1. The van der Waals surface area contributed by atoms with Gasteiger partial charge in [-0.05, 0) is 59.5 Å². The molecule has 0 aliphatic carbocycles. The van der Waals surface area contributed by atoms with Crippen molar-refractivity contribution < 1.29 is 9.53 Å². The summed E-state index contributed by atoms with van der Waals surface area (Å²) >= 11 is 0.